The van der Waals surface area contributed by atoms with E-state index in [-0.39, 0.29) is 0 Å². The molecule has 0 aliphatic carbocycles. The van der Waals surface area contributed by atoms with Gasteiger partial charge < -0.3 is 13.9 Å². The third-order valence-electron chi connectivity index (χ3n) is 9.98. The van der Waals surface area contributed by atoms with Crippen LogP contribution in [0.3, 0.4) is 0 Å². The van der Waals surface area contributed by atoms with Crippen LogP contribution in [0.25, 0.3) is 71.7 Å². The highest BCUT2D eigenvalue weighted by atomic mass is 16.3. The first-order valence-corrected chi connectivity index (χ1v) is 17.4. The lowest BCUT2D eigenvalue weighted by molar-refractivity contribution is 0.669. The Morgan fingerprint density at radius 1 is 0.373 bits per heavy atom. The highest BCUT2D eigenvalue weighted by Gasteiger charge is 2.18. The molecular formula is C48H32N2O. The van der Waals surface area contributed by atoms with Gasteiger partial charge in [-0.3, -0.25) is 0 Å². The zero-order valence-electron chi connectivity index (χ0n) is 27.8. The normalized spacial score (nSPS) is 11.5. The molecule has 0 spiro atoms. The van der Waals surface area contributed by atoms with Gasteiger partial charge in [-0.15, -0.1) is 0 Å². The lowest BCUT2D eigenvalue weighted by Gasteiger charge is -2.27. The molecular weight excluding hydrogens is 621 g/mol. The predicted molar refractivity (Wildman–Crippen MR) is 214 cm³/mol. The van der Waals surface area contributed by atoms with Crippen LogP contribution < -0.4 is 4.90 Å². The van der Waals surface area contributed by atoms with Crippen molar-refractivity contribution in [3.8, 4) is 27.9 Å². The maximum Gasteiger partial charge on any atom is 0.136 e. The van der Waals surface area contributed by atoms with Crippen molar-refractivity contribution in [3.05, 3.63) is 194 Å². The quantitative estimate of drug-likeness (QED) is 0.178. The van der Waals surface area contributed by atoms with Crippen molar-refractivity contribution in [2.24, 2.45) is 0 Å². The van der Waals surface area contributed by atoms with E-state index >= 15 is 0 Å². The summed E-state index contributed by atoms with van der Waals surface area (Å²) in [6.45, 7) is 0. The van der Waals surface area contributed by atoms with Gasteiger partial charge in [-0.1, -0.05) is 127 Å². The summed E-state index contributed by atoms with van der Waals surface area (Å²) < 4.78 is 8.66. The fourth-order valence-electron chi connectivity index (χ4n) is 7.68. The van der Waals surface area contributed by atoms with Crippen molar-refractivity contribution in [2.75, 3.05) is 4.90 Å². The van der Waals surface area contributed by atoms with Crippen molar-refractivity contribution in [3.63, 3.8) is 0 Å². The molecule has 0 amide bonds. The van der Waals surface area contributed by atoms with Gasteiger partial charge in [0.2, 0.25) is 0 Å². The molecule has 240 valence electrons. The number of hydrogen-bond donors (Lipinski definition) is 0. The van der Waals surface area contributed by atoms with Crippen LogP contribution in [0, 0.1) is 0 Å². The third-order valence-corrected chi connectivity index (χ3v) is 9.98. The fraction of sp³-hybridized carbons (Fsp3) is 0. The molecule has 0 radical (unpaired) electrons. The van der Waals surface area contributed by atoms with Gasteiger partial charge in [0.05, 0.1) is 11.0 Å². The van der Waals surface area contributed by atoms with Gasteiger partial charge >= 0.3 is 0 Å². The molecule has 0 N–H and O–H groups in total. The maximum atomic E-state index is 6.28. The van der Waals surface area contributed by atoms with Crippen molar-refractivity contribution < 1.29 is 4.42 Å². The summed E-state index contributed by atoms with van der Waals surface area (Å²) in [4.78, 5) is 2.36. The maximum absolute atomic E-state index is 6.28. The van der Waals surface area contributed by atoms with Gasteiger partial charge in [0.1, 0.15) is 11.2 Å². The molecule has 0 fully saturated rings. The number of aromatic nitrogens is 1. The first-order valence-electron chi connectivity index (χ1n) is 17.4. The molecule has 0 unspecified atom stereocenters. The van der Waals surface area contributed by atoms with E-state index < -0.39 is 0 Å². The minimum Gasteiger partial charge on any atom is -0.456 e. The molecule has 3 heteroatoms. The number of hydrogen-bond acceptors (Lipinski definition) is 2. The SMILES string of the molecule is c1ccc(-c2ccc(N(c3cccc(-c4cccc5oc6ccccc6c45)c3)c3cccc(-n4c5ccccc5c5ccccc54)c3)cc2)cc1. The zero-order valence-corrected chi connectivity index (χ0v) is 27.8. The number of benzene rings is 8. The van der Waals surface area contributed by atoms with E-state index in [1.165, 1.54) is 32.9 Å². The average Bonchev–Trinajstić information content (AvgIpc) is 3.75. The topological polar surface area (TPSA) is 21.3 Å². The highest BCUT2D eigenvalue weighted by molar-refractivity contribution is 6.12. The van der Waals surface area contributed by atoms with Gasteiger partial charge in [0, 0.05) is 44.3 Å². The summed E-state index contributed by atoms with van der Waals surface area (Å²) >= 11 is 0. The van der Waals surface area contributed by atoms with E-state index in [0.29, 0.717) is 0 Å². The minimum atomic E-state index is 0.895. The lowest BCUT2D eigenvalue weighted by atomic mass is 9.98. The van der Waals surface area contributed by atoms with E-state index in [2.05, 4.69) is 191 Å². The van der Waals surface area contributed by atoms with Crippen molar-refractivity contribution in [2.45, 2.75) is 0 Å². The van der Waals surface area contributed by atoms with E-state index in [1.807, 2.05) is 12.1 Å². The summed E-state index contributed by atoms with van der Waals surface area (Å²) in [5.74, 6) is 0. The largest absolute Gasteiger partial charge is 0.456 e. The molecule has 2 aromatic heterocycles. The van der Waals surface area contributed by atoms with Crippen molar-refractivity contribution in [1.29, 1.82) is 0 Å². The monoisotopic (exact) mass is 652 g/mol. The summed E-state index contributed by atoms with van der Waals surface area (Å²) in [6.07, 6.45) is 0. The molecule has 51 heavy (non-hydrogen) atoms. The second-order valence-electron chi connectivity index (χ2n) is 13.0. The van der Waals surface area contributed by atoms with Crippen LogP contribution in [-0.2, 0) is 0 Å². The summed E-state index contributed by atoms with van der Waals surface area (Å²) in [6, 6.07) is 69.2. The van der Waals surface area contributed by atoms with E-state index in [0.717, 1.165) is 55.8 Å². The summed E-state index contributed by atoms with van der Waals surface area (Å²) in [5.41, 5.74) is 13.2. The number of fused-ring (bicyclic) bond motifs is 6. The third kappa shape index (κ3) is 4.90. The standard InChI is InChI=1S/C48H32N2O/c1-2-13-33(14-3-1)34-27-29-36(30-28-34)49(37-16-10-15-35(31-37)40-22-12-26-47-48(40)43-21-6-9-25-46(43)51-47)38-17-11-18-39(32-38)50-44-23-7-4-19-41(44)42-20-5-8-24-45(42)50/h1-32H. The predicted octanol–water partition coefficient (Wildman–Crippen LogP) is 13.5. The Balaban J connectivity index is 1.16. The van der Waals surface area contributed by atoms with Gasteiger partial charge in [-0.05, 0) is 89.0 Å². The van der Waals surface area contributed by atoms with E-state index in [4.69, 9.17) is 4.42 Å². The van der Waals surface area contributed by atoms with Crippen LogP contribution in [-0.4, -0.2) is 4.57 Å². The van der Waals surface area contributed by atoms with Crippen molar-refractivity contribution >= 4 is 60.8 Å². The van der Waals surface area contributed by atoms with Gasteiger partial charge in [-0.25, -0.2) is 0 Å². The number of para-hydroxylation sites is 3. The lowest BCUT2D eigenvalue weighted by Crippen LogP contribution is -2.10. The molecule has 2 heterocycles. The second-order valence-corrected chi connectivity index (χ2v) is 13.0. The van der Waals surface area contributed by atoms with Gasteiger partial charge in [0.15, 0.2) is 0 Å². The Morgan fingerprint density at radius 2 is 0.941 bits per heavy atom. The van der Waals surface area contributed by atoms with Crippen LogP contribution in [0.1, 0.15) is 0 Å². The molecule has 10 aromatic rings. The Morgan fingerprint density at radius 3 is 1.71 bits per heavy atom. The first kappa shape index (κ1) is 29.1. The number of rotatable bonds is 6. The first-order chi connectivity index (χ1) is 25.3. The molecule has 10 rings (SSSR count). The van der Waals surface area contributed by atoms with Crippen LogP contribution >= 0.6 is 0 Å². The summed E-state index contributed by atoms with van der Waals surface area (Å²) in [7, 11) is 0. The smallest absolute Gasteiger partial charge is 0.136 e. The van der Waals surface area contributed by atoms with Crippen LogP contribution in [0.2, 0.25) is 0 Å². The fourth-order valence-corrected chi connectivity index (χ4v) is 7.68. The average molecular weight is 653 g/mol. The van der Waals surface area contributed by atoms with Crippen molar-refractivity contribution in [1.82, 2.24) is 4.57 Å². The van der Waals surface area contributed by atoms with Crippen LogP contribution in [0.4, 0.5) is 17.1 Å². The number of furan rings is 1. The van der Waals surface area contributed by atoms with Gasteiger partial charge in [-0.2, -0.15) is 0 Å². The molecule has 0 saturated heterocycles. The van der Waals surface area contributed by atoms with Crippen LogP contribution in [0.15, 0.2) is 199 Å². The Labute approximate surface area is 295 Å². The number of nitrogens with zero attached hydrogens (tertiary/aromatic N) is 2. The molecule has 3 nitrogen and oxygen atoms in total. The Hall–Kier alpha value is -6.84. The molecule has 0 aliphatic rings. The molecule has 0 saturated carbocycles. The Kier molecular flexibility index (Phi) is 6.81. The Bertz CT molecular complexity index is 2810. The van der Waals surface area contributed by atoms with Gasteiger partial charge in [0.25, 0.3) is 0 Å². The van der Waals surface area contributed by atoms with Crippen LogP contribution in [0.5, 0.6) is 0 Å². The number of anilines is 3. The molecule has 8 aromatic carbocycles. The molecule has 0 atom stereocenters. The van der Waals surface area contributed by atoms with E-state index in [1.54, 1.807) is 0 Å². The molecule has 0 aliphatic heterocycles. The molecule has 0 bridgehead atoms. The second kappa shape index (κ2) is 11.9. The zero-order chi connectivity index (χ0) is 33.7. The minimum absolute atomic E-state index is 0.895. The highest BCUT2D eigenvalue weighted by Crippen LogP contribution is 2.42. The summed E-state index contributed by atoms with van der Waals surface area (Å²) in [5, 5.41) is 4.76. The van der Waals surface area contributed by atoms with E-state index in [9.17, 15) is 0 Å².